The van der Waals surface area contributed by atoms with Gasteiger partial charge in [0.15, 0.2) is 16.6 Å². The molecule has 4 rings (SSSR count). The summed E-state index contributed by atoms with van der Waals surface area (Å²) in [5.74, 6) is 4.90. The third-order valence-corrected chi connectivity index (χ3v) is 24.0. The van der Waals surface area contributed by atoms with Crippen LogP contribution in [0.1, 0.15) is 140 Å². The predicted octanol–water partition coefficient (Wildman–Crippen LogP) is 12.4. The highest BCUT2D eigenvalue weighted by atomic mass is 28.4. The molecule has 0 bridgehead atoms. The Morgan fingerprint density at radius 1 is 0.814 bits per heavy atom. The Morgan fingerprint density at radius 3 is 2.05 bits per heavy atom. The second-order valence-electron chi connectivity index (χ2n) is 19.8. The van der Waals surface area contributed by atoms with Crippen LogP contribution in [0, 0.1) is 46.3 Å². The van der Waals surface area contributed by atoms with Crippen molar-refractivity contribution < 1.29 is 8.85 Å². The van der Waals surface area contributed by atoms with Gasteiger partial charge in [0.05, 0.1) is 0 Å². The summed E-state index contributed by atoms with van der Waals surface area (Å²) in [6, 6.07) is 0. The van der Waals surface area contributed by atoms with Gasteiger partial charge in [0.25, 0.3) is 0 Å². The lowest BCUT2D eigenvalue weighted by Gasteiger charge is -2.58. The van der Waals surface area contributed by atoms with Crippen molar-refractivity contribution in [2.24, 2.45) is 46.3 Å². The van der Waals surface area contributed by atoms with E-state index in [-0.39, 0.29) is 0 Å². The molecule has 0 aromatic rings. The average Bonchev–Trinajstić information content (AvgIpc) is 3.23. The van der Waals surface area contributed by atoms with Crippen molar-refractivity contribution in [2.45, 2.75) is 182 Å². The number of hydrogen-bond acceptors (Lipinski definition) is 2. The lowest BCUT2D eigenvalue weighted by Crippen LogP contribution is -2.52. The molecule has 0 aliphatic heterocycles. The molecule has 0 radical (unpaired) electrons. The van der Waals surface area contributed by atoms with E-state index in [1.54, 1.807) is 0 Å². The molecule has 0 heterocycles. The first-order chi connectivity index (χ1) is 19.6. The molecule has 0 amide bonds. The zero-order valence-corrected chi connectivity index (χ0v) is 33.4. The van der Waals surface area contributed by atoms with E-state index < -0.39 is 16.6 Å². The highest BCUT2D eigenvalue weighted by Crippen LogP contribution is 2.67. The van der Waals surface area contributed by atoms with Gasteiger partial charge in [-0.1, -0.05) is 93.7 Å². The smallest absolute Gasteiger partial charge is 0.192 e. The van der Waals surface area contributed by atoms with Crippen molar-refractivity contribution in [2.75, 3.05) is 6.61 Å². The Labute approximate surface area is 271 Å². The first kappa shape index (κ1) is 35.9. The van der Waals surface area contributed by atoms with Crippen LogP contribution in [-0.2, 0) is 8.85 Å². The lowest BCUT2D eigenvalue weighted by atomic mass is 9.47. The molecule has 0 aromatic carbocycles. The first-order valence-electron chi connectivity index (χ1n) is 18.6. The third kappa shape index (κ3) is 7.18. The largest absolute Gasteiger partial charge is 0.417 e. The van der Waals surface area contributed by atoms with Crippen LogP contribution in [0.3, 0.4) is 0 Å². The van der Waals surface area contributed by atoms with Gasteiger partial charge in [-0.25, -0.2) is 0 Å². The Kier molecular flexibility index (Phi) is 10.5. The molecule has 43 heavy (non-hydrogen) atoms. The van der Waals surface area contributed by atoms with Crippen molar-refractivity contribution in [1.82, 2.24) is 0 Å². The summed E-state index contributed by atoms with van der Waals surface area (Å²) < 4.78 is 13.6. The number of rotatable bonds is 10. The van der Waals surface area contributed by atoms with Crippen LogP contribution >= 0.6 is 0 Å². The van der Waals surface area contributed by atoms with E-state index in [4.69, 9.17) is 8.85 Å². The standard InChI is InChI=1S/C39H74O2Si2/c1-28(27-40-42(11,12)36(3,4)5)16-15-17-29(2)33-20-21-34-32-19-18-30-26-31(41-43(13,14)37(6,7)8)22-24-38(30,9)35(32)23-25-39(33,34)10/h19,28-31,33-35H,15-18,20-27H2,1-14H3/t28-,29-,30+,31+,33-,34+,35+,38+,39-/m1/s1. The topological polar surface area (TPSA) is 18.5 Å². The summed E-state index contributed by atoms with van der Waals surface area (Å²) in [5, 5.41) is 0.605. The summed E-state index contributed by atoms with van der Waals surface area (Å²) in [4.78, 5) is 0. The van der Waals surface area contributed by atoms with E-state index >= 15 is 0 Å². The molecular weight excluding hydrogens is 557 g/mol. The Morgan fingerprint density at radius 2 is 1.42 bits per heavy atom. The van der Waals surface area contributed by atoms with Crippen molar-refractivity contribution in [3.05, 3.63) is 11.6 Å². The highest BCUT2D eigenvalue weighted by Gasteiger charge is 2.58. The predicted molar refractivity (Wildman–Crippen MR) is 193 cm³/mol. The van der Waals surface area contributed by atoms with Crippen LogP contribution in [0.25, 0.3) is 0 Å². The number of allylic oxidation sites excluding steroid dienone is 2. The van der Waals surface area contributed by atoms with Crippen LogP contribution in [0.15, 0.2) is 11.6 Å². The molecule has 4 aliphatic carbocycles. The van der Waals surface area contributed by atoms with Crippen LogP contribution in [-0.4, -0.2) is 29.3 Å². The molecule has 3 saturated carbocycles. The fraction of sp³-hybridized carbons (Fsp3) is 0.949. The molecule has 9 atom stereocenters. The maximum absolute atomic E-state index is 7.00. The van der Waals surface area contributed by atoms with Gasteiger partial charge in [-0.2, -0.15) is 0 Å². The molecular formula is C39H74O2Si2. The summed E-state index contributed by atoms with van der Waals surface area (Å²) in [6.07, 6.45) is 18.4. The maximum Gasteiger partial charge on any atom is 0.192 e. The Bertz CT molecular complexity index is 986. The maximum atomic E-state index is 7.00. The monoisotopic (exact) mass is 631 g/mol. The number of hydrogen-bond donors (Lipinski definition) is 0. The van der Waals surface area contributed by atoms with Crippen molar-refractivity contribution in [1.29, 1.82) is 0 Å². The lowest BCUT2D eigenvalue weighted by molar-refractivity contribution is -0.0395. The Hall–Kier alpha value is 0.0938. The molecule has 4 aliphatic rings. The summed E-state index contributed by atoms with van der Waals surface area (Å²) >= 11 is 0. The molecule has 250 valence electrons. The van der Waals surface area contributed by atoms with Gasteiger partial charge in [0.2, 0.25) is 0 Å². The van der Waals surface area contributed by atoms with E-state index in [1.807, 2.05) is 5.57 Å². The van der Waals surface area contributed by atoms with Crippen molar-refractivity contribution in [3.63, 3.8) is 0 Å². The van der Waals surface area contributed by atoms with Crippen LogP contribution in [0.4, 0.5) is 0 Å². The summed E-state index contributed by atoms with van der Waals surface area (Å²) in [7, 11) is -3.35. The van der Waals surface area contributed by atoms with Crippen molar-refractivity contribution >= 4 is 16.6 Å². The molecule has 0 spiro atoms. The minimum absolute atomic E-state index is 0.300. The van der Waals surface area contributed by atoms with E-state index in [1.165, 1.54) is 70.6 Å². The van der Waals surface area contributed by atoms with Crippen molar-refractivity contribution in [3.8, 4) is 0 Å². The van der Waals surface area contributed by atoms with E-state index in [0.29, 0.717) is 32.9 Å². The SMILES string of the molecule is C[C@H](CCC[C@@H](C)[C@H]1CC[C@H]2C3=CC[C@H]4C[C@@H](O[Si](C)(C)C(C)(C)C)CC[C@]4(C)[C@H]3CC[C@]12C)CO[Si](C)(C)C(C)(C)C. The molecule has 3 fully saturated rings. The second-order valence-corrected chi connectivity index (χ2v) is 29.4. The average molecular weight is 631 g/mol. The Balaban J connectivity index is 1.33. The normalized spacial score (nSPS) is 36.8. The molecule has 2 nitrogen and oxygen atoms in total. The second kappa shape index (κ2) is 12.6. The highest BCUT2D eigenvalue weighted by molar-refractivity contribution is 6.74. The molecule has 0 N–H and O–H groups in total. The van der Waals surface area contributed by atoms with Gasteiger partial charge in [0, 0.05) is 12.7 Å². The minimum Gasteiger partial charge on any atom is -0.417 e. The van der Waals surface area contributed by atoms with Gasteiger partial charge in [0.1, 0.15) is 0 Å². The molecule has 0 aromatic heterocycles. The summed E-state index contributed by atoms with van der Waals surface area (Å²) in [6.45, 7) is 35.3. The zero-order valence-electron chi connectivity index (χ0n) is 31.4. The minimum atomic E-state index is -1.71. The van der Waals surface area contributed by atoms with Gasteiger partial charge in [-0.15, -0.1) is 0 Å². The molecule has 0 unspecified atom stereocenters. The van der Waals surface area contributed by atoms with Crippen LogP contribution in [0.5, 0.6) is 0 Å². The quantitative estimate of drug-likeness (QED) is 0.177. The van der Waals surface area contributed by atoms with Gasteiger partial charge in [-0.05, 0) is 140 Å². The van der Waals surface area contributed by atoms with E-state index in [9.17, 15) is 0 Å². The van der Waals surface area contributed by atoms with Crippen LogP contribution < -0.4 is 0 Å². The first-order valence-corrected chi connectivity index (χ1v) is 24.5. The summed E-state index contributed by atoms with van der Waals surface area (Å²) in [5.41, 5.74) is 2.93. The fourth-order valence-electron chi connectivity index (χ4n) is 9.79. The van der Waals surface area contributed by atoms with Gasteiger partial charge in [-0.3, -0.25) is 0 Å². The number of fused-ring (bicyclic) bond motifs is 5. The van der Waals surface area contributed by atoms with Gasteiger partial charge < -0.3 is 8.85 Å². The molecule has 0 saturated heterocycles. The molecule has 4 heteroatoms. The van der Waals surface area contributed by atoms with Crippen LogP contribution in [0.2, 0.25) is 36.3 Å². The van der Waals surface area contributed by atoms with E-state index in [0.717, 1.165) is 36.2 Å². The zero-order chi connectivity index (χ0) is 32.2. The third-order valence-electron chi connectivity index (χ3n) is 15.0. The van der Waals surface area contributed by atoms with E-state index in [2.05, 4.69) is 102 Å². The van der Waals surface area contributed by atoms with Gasteiger partial charge >= 0.3 is 0 Å². The fourth-order valence-corrected chi connectivity index (χ4v) is 12.3.